The molecule has 2 aromatic rings. The number of halogens is 3. The van der Waals surface area contributed by atoms with E-state index in [0.29, 0.717) is 12.1 Å². The monoisotopic (exact) mass is 288 g/mol. The average molecular weight is 288 g/mol. The zero-order chi connectivity index (χ0) is 15.2. The van der Waals surface area contributed by atoms with Gasteiger partial charge >= 0.3 is 18.0 Å². The summed E-state index contributed by atoms with van der Waals surface area (Å²) >= 11 is 0. The zero-order valence-electron chi connectivity index (χ0n) is 9.93. The van der Waals surface area contributed by atoms with Crippen molar-refractivity contribution in [2.45, 2.75) is 6.18 Å². The minimum atomic E-state index is -4.68. The molecule has 0 saturated heterocycles. The fourth-order valence-corrected chi connectivity index (χ4v) is 1.81. The normalized spacial score (nSPS) is 11.8. The summed E-state index contributed by atoms with van der Waals surface area (Å²) < 4.78 is 38.4. The van der Waals surface area contributed by atoms with E-state index in [2.05, 4.69) is 0 Å². The minimum absolute atomic E-state index is 0.0782. The van der Waals surface area contributed by atoms with Crippen LogP contribution in [-0.2, 0) is 13.2 Å². The number of hydrogen-bond donors (Lipinski definition) is 1. The minimum Gasteiger partial charge on any atom is -0.464 e. The third-order valence-electron chi connectivity index (χ3n) is 2.79. The molecule has 1 N–H and O–H groups in total. The fraction of sp³-hybridized carbons (Fsp3) is 0.182. The number of hydrogen-bond acceptors (Lipinski definition) is 3. The van der Waals surface area contributed by atoms with Crippen molar-refractivity contribution in [3.8, 4) is 0 Å². The van der Waals surface area contributed by atoms with Crippen LogP contribution in [-0.4, -0.2) is 20.3 Å². The van der Waals surface area contributed by atoms with Gasteiger partial charge < -0.3 is 5.11 Å². The van der Waals surface area contributed by atoms with Crippen LogP contribution in [0.2, 0.25) is 0 Å². The number of alkyl halides is 3. The Hall–Kier alpha value is -2.58. The fourth-order valence-electron chi connectivity index (χ4n) is 1.81. The first-order valence-corrected chi connectivity index (χ1v) is 5.21. The van der Waals surface area contributed by atoms with Crippen molar-refractivity contribution < 1.29 is 23.1 Å². The second kappa shape index (κ2) is 4.22. The van der Waals surface area contributed by atoms with Crippen molar-refractivity contribution in [1.82, 2.24) is 9.13 Å². The maximum atomic E-state index is 12.6. The van der Waals surface area contributed by atoms with E-state index in [9.17, 15) is 27.6 Å². The smallest absolute Gasteiger partial charge is 0.422 e. The lowest BCUT2D eigenvalue weighted by Crippen LogP contribution is -2.42. The predicted octanol–water partition coefficient (Wildman–Crippen LogP) is 1.25. The summed E-state index contributed by atoms with van der Waals surface area (Å²) in [5.41, 5.74) is -3.63. The van der Waals surface area contributed by atoms with E-state index in [-0.39, 0.29) is 10.1 Å². The van der Waals surface area contributed by atoms with E-state index in [1.807, 2.05) is 0 Å². The van der Waals surface area contributed by atoms with E-state index in [0.717, 1.165) is 17.7 Å². The molecule has 1 aromatic heterocycles. The summed E-state index contributed by atoms with van der Waals surface area (Å²) in [5, 5.41) is 8.29. The summed E-state index contributed by atoms with van der Waals surface area (Å²) in [5.74, 6) is 0. The number of aryl methyl sites for hydroxylation is 1. The Morgan fingerprint density at radius 2 is 1.85 bits per heavy atom. The van der Waals surface area contributed by atoms with Crippen molar-refractivity contribution in [3.63, 3.8) is 0 Å². The number of fused-ring (bicyclic) bond motifs is 1. The number of carboxylic acid groups (broad SMARTS) is 1. The number of rotatable bonds is 0. The molecule has 0 aliphatic heterocycles. The van der Waals surface area contributed by atoms with E-state index < -0.39 is 34.5 Å². The van der Waals surface area contributed by atoms with Crippen molar-refractivity contribution >= 4 is 17.0 Å². The first-order chi connectivity index (χ1) is 9.14. The second-order valence-corrected chi connectivity index (χ2v) is 3.99. The first kappa shape index (κ1) is 13.8. The molecule has 0 amide bonds. The van der Waals surface area contributed by atoms with Crippen molar-refractivity contribution in [1.29, 1.82) is 0 Å². The number of carbonyl (C=O) groups is 1. The van der Waals surface area contributed by atoms with E-state index in [1.165, 1.54) is 0 Å². The van der Waals surface area contributed by atoms with Gasteiger partial charge in [0.15, 0.2) is 0 Å². The van der Waals surface area contributed by atoms with Crippen LogP contribution >= 0.6 is 0 Å². The van der Waals surface area contributed by atoms with Crippen LogP contribution in [0.15, 0.2) is 27.8 Å². The number of benzene rings is 1. The molecule has 0 spiro atoms. The summed E-state index contributed by atoms with van der Waals surface area (Å²) in [6, 6.07) is 2.19. The van der Waals surface area contributed by atoms with Gasteiger partial charge in [-0.25, -0.2) is 9.59 Å². The molecule has 9 heteroatoms. The van der Waals surface area contributed by atoms with E-state index in [4.69, 9.17) is 5.11 Å². The van der Waals surface area contributed by atoms with Crippen LogP contribution in [0.3, 0.4) is 0 Å². The quantitative estimate of drug-likeness (QED) is 0.791. The lowest BCUT2D eigenvalue weighted by molar-refractivity contribution is -0.137. The van der Waals surface area contributed by atoms with Gasteiger partial charge in [-0.15, -0.1) is 0 Å². The Bertz CT molecular complexity index is 832. The molecule has 6 nitrogen and oxygen atoms in total. The highest BCUT2D eigenvalue weighted by atomic mass is 19.4. The van der Waals surface area contributed by atoms with Gasteiger partial charge in [-0.1, -0.05) is 0 Å². The molecule has 0 unspecified atom stereocenters. The molecule has 1 heterocycles. The first-order valence-electron chi connectivity index (χ1n) is 5.21. The van der Waals surface area contributed by atoms with Crippen molar-refractivity contribution in [3.05, 3.63) is 44.6 Å². The summed E-state index contributed by atoms with van der Waals surface area (Å²) in [4.78, 5) is 34.3. The average Bonchev–Trinajstić information content (AvgIpc) is 2.34. The number of aromatic nitrogens is 2. The maximum absolute atomic E-state index is 12.6. The molecule has 0 radical (unpaired) electrons. The van der Waals surface area contributed by atoms with Gasteiger partial charge in [0.05, 0.1) is 16.5 Å². The molecule has 106 valence electrons. The molecule has 0 atom stereocenters. The Kier molecular flexibility index (Phi) is 2.92. The van der Waals surface area contributed by atoms with Crippen LogP contribution in [0.1, 0.15) is 5.56 Å². The Morgan fingerprint density at radius 3 is 2.35 bits per heavy atom. The van der Waals surface area contributed by atoms with Gasteiger partial charge in [0.25, 0.3) is 5.56 Å². The van der Waals surface area contributed by atoms with Crippen LogP contribution in [0.4, 0.5) is 18.0 Å². The largest absolute Gasteiger partial charge is 0.464 e. The third-order valence-corrected chi connectivity index (χ3v) is 2.79. The summed E-state index contributed by atoms with van der Waals surface area (Å²) in [6.07, 6.45) is -6.53. The maximum Gasteiger partial charge on any atom is 0.422 e. The highest BCUT2D eigenvalue weighted by Crippen LogP contribution is 2.30. The second-order valence-electron chi connectivity index (χ2n) is 3.99. The summed E-state index contributed by atoms with van der Waals surface area (Å²) in [6.45, 7) is 0. The van der Waals surface area contributed by atoms with Gasteiger partial charge in [0.2, 0.25) is 0 Å². The van der Waals surface area contributed by atoms with E-state index in [1.54, 1.807) is 0 Å². The molecular formula is C11H7F3N2O4. The molecule has 0 aliphatic carbocycles. The molecule has 2 rings (SSSR count). The SMILES string of the molecule is Cn1c(=O)n(C(=O)O)c(=O)c2cc(C(F)(F)F)ccc21. The number of nitrogens with zero attached hydrogens (tertiary/aromatic N) is 2. The predicted molar refractivity (Wildman–Crippen MR) is 61.9 cm³/mol. The Labute approximate surface area is 108 Å². The van der Waals surface area contributed by atoms with Crippen LogP contribution in [0.5, 0.6) is 0 Å². The molecule has 0 aliphatic rings. The standard InChI is InChI=1S/C11H7F3N2O4/c1-15-7-3-2-5(11(12,13)14)4-6(7)8(17)16(9(15)18)10(19)20/h2-4H,1H3,(H,19,20). The molecule has 0 saturated carbocycles. The van der Waals surface area contributed by atoms with Gasteiger partial charge in [-0.05, 0) is 18.2 Å². The lowest BCUT2D eigenvalue weighted by atomic mass is 10.1. The van der Waals surface area contributed by atoms with Crippen LogP contribution in [0.25, 0.3) is 10.9 Å². The Balaban J connectivity index is 3.00. The molecule has 1 aromatic carbocycles. The van der Waals surface area contributed by atoms with Crippen molar-refractivity contribution in [2.75, 3.05) is 0 Å². The highest BCUT2D eigenvalue weighted by Gasteiger charge is 2.31. The lowest BCUT2D eigenvalue weighted by Gasteiger charge is -2.10. The van der Waals surface area contributed by atoms with Gasteiger partial charge in [0, 0.05) is 7.05 Å². The van der Waals surface area contributed by atoms with Crippen LogP contribution in [0, 0.1) is 0 Å². The highest BCUT2D eigenvalue weighted by molar-refractivity contribution is 5.81. The zero-order valence-corrected chi connectivity index (χ0v) is 9.93. The van der Waals surface area contributed by atoms with Gasteiger partial charge in [0.1, 0.15) is 0 Å². The molecule has 20 heavy (non-hydrogen) atoms. The van der Waals surface area contributed by atoms with Gasteiger partial charge in [-0.2, -0.15) is 17.7 Å². The Morgan fingerprint density at radius 1 is 1.25 bits per heavy atom. The molecule has 0 fully saturated rings. The van der Waals surface area contributed by atoms with Crippen LogP contribution < -0.4 is 11.2 Å². The molecular weight excluding hydrogens is 281 g/mol. The van der Waals surface area contributed by atoms with Crippen molar-refractivity contribution in [2.24, 2.45) is 7.05 Å². The molecule has 0 bridgehead atoms. The third kappa shape index (κ3) is 1.96. The van der Waals surface area contributed by atoms with Gasteiger partial charge in [-0.3, -0.25) is 9.36 Å². The topological polar surface area (TPSA) is 81.3 Å². The summed E-state index contributed by atoms with van der Waals surface area (Å²) in [7, 11) is 1.16. The van der Waals surface area contributed by atoms with E-state index >= 15 is 0 Å².